The lowest BCUT2D eigenvalue weighted by molar-refractivity contribution is -0.116. The fraction of sp³-hybridized carbons (Fsp3) is 0.600. The van der Waals surface area contributed by atoms with E-state index in [1.165, 1.54) is 14.2 Å². The lowest BCUT2D eigenvalue weighted by Gasteiger charge is -2.28. The van der Waals surface area contributed by atoms with Crippen LogP contribution < -0.4 is 20.1 Å². The standard InChI is InChI=1S/C20H29N3O4/c1-26-17-12-15(20(25)23-9-4-3-5-10-23)16(13-18(17)27-2)22-19(24)11-14-7-6-8-21-14/h12-14,21H,3-11H2,1-2H3,(H,22,24). The van der Waals surface area contributed by atoms with E-state index >= 15 is 0 Å². The van der Waals surface area contributed by atoms with E-state index in [-0.39, 0.29) is 17.9 Å². The van der Waals surface area contributed by atoms with Gasteiger partial charge in [-0.05, 0) is 44.7 Å². The molecule has 0 saturated carbocycles. The van der Waals surface area contributed by atoms with Gasteiger partial charge in [-0.15, -0.1) is 0 Å². The normalized spacial score (nSPS) is 19.6. The summed E-state index contributed by atoms with van der Waals surface area (Å²) in [6.45, 7) is 2.44. The third-order valence-electron chi connectivity index (χ3n) is 5.27. The number of anilines is 1. The Morgan fingerprint density at radius 2 is 1.81 bits per heavy atom. The number of nitrogens with one attached hydrogen (secondary N) is 2. The van der Waals surface area contributed by atoms with Crippen molar-refractivity contribution in [3.05, 3.63) is 17.7 Å². The van der Waals surface area contributed by atoms with Gasteiger partial charge in [-0.1, -0.05) is 0 Å². The highest BCUT2D eigenvalue weighted by molar-refractivity contribution is 6.04. The second kappa shape index (κ2) is 9.08. The monoisotopic (exact) mass is 375 g/mol. The molecule has 2 heterocycles. The van der Waals surface area contributed by atoms with Crippen LogP contribution in [-0.4, -0.2) is 56.6 Å². The van der Waals surface area contributed by atoms with E-state index < -0.39 is 0 Å². The summed E-state index contributed by atoms with van der Waals surface area (Å²) in [5.74, 6) is 0.787. The fourth-order valence-corrected chi connectivity index (χ4v) is 3.78. The van der Waals surface area contributed by atoms with Crippen molar-refractivity contribution < 1.29 is 19.1 Å². The summed E-state index contributed by atoms with van der Waals surface area (Å²) in [6.07, 6.45) is 5.65. The van der Waals surface area contributed by atoms with Gasteiger partial charge in [-0.2, -0.15) is 0 Å². The fourth-order valence-electron chi connectivity index (χ4n) is 3.78. The molecule has 0 bridgehead atoms. The molecule has 2 N–H and O–H groups in total. The maximum absolute atomic E-state index is 13.1. The zero-order valence-corrected chi connectivity index (χ0v) is 16.2. The summed E-state index contributed by atoms with van der Waals surface area (Å²) in [7, 11) is 3.08. The minimum absolute atomic E-state index is 0.0788. The third-order valence-corrected chi connectivity index (χ3v) is 5.27. The van der Waals surface area contributed by atoms with Crippen LogP contribution in [-0.2, 0) is 4.79 Å². The molecule has 0 aliphatic carbocycles. The summed E-state index contributed by atoms with van der Waals surface area (Å²) in [5.41, 5.74) is 0.925. The Morgan fingerprint density at radius 3 is 2.44 bits per heavy atom. The van der Waals surface area contributed by atoms with Crippen LogP contribution in [0.2, 0.25) is 0 Å². The van der Waals surface area contributed by atoms with Crippen molar-refractivity contribution in [1.29, 1.82) is 0 Å². The number of benzene rings is 1. The average molecular weight is 375 g/mol. The van der Waals surface area contributed by atoms with Crippen molar-refractivity contribution in [2.24, 2.45) is 0 Å². The number of piperidine rings is 1. The number of amides is 2. The van der Waals surface area contributed by atoms with Crippen LogP contribution in [0.25, 0.3) is 0 Å². The van der Waals surface area contributed by atoms with Gasteiger partial charge in [0.05, 0.1) is 25.5 Å². The predicted octanol–water partition coefficient (Wildman–Crippen LogP) is 2.41. The molecule has 0 radical (unpaired) electrons. The summed E-state index contributed by atoms with van der Waals surface area (Å²) < 4.78 is 10.7. The highest BCUT2D eigenvalue weighted by Crippen LogP contribution is 2.34. The number of rotatable bonds is 6. The van der Waals surface area contributed by atoms with Gasteiger partial charge in [0.2, 0.25) is 5.91 Å². The van der Waals surface area contributed by atoms with Crippen LogP contribution in [0, 0.1) is 0 Å². The molecule has 1 aromatic carbocycles. The molecule has 7 heteroatoms. The number of ether oxygens (including phenoxy) is 2. The van der Waals surface area contributed by atoms with Gasteiger partial charge in [-0.3, -0.25) is 9.59 Å². The van der Waals surface area contributed by atoms with Crippen LogP contribution in [0.5, 0.6) is 11.5 Å². The van der Waals surface area contributed by atoms with Crippen molar-refractivity contribution in [3.63, 3.8) is 0 Å². The van der Waals surface area contributed by atoms with E-state index in [9.17, 15) is 9.59 Å². The molecule has 0 aromatic heterocycles. The van der Waals surface area contributed by atoms with E-state index in [1.807, 2.05) is 4.90 Å². The Balaban J connectivity index is 1.84. The van der Waals surface area contributed by atoms with Gasteiger partial charge in [0.1, 0.15) is 0 Å². The molecular formula is C20H29N3O4. The minimum Gasteiger partial charge on any atom is -0.493 e. The Labute approximate surface area is 160 Å². The second-order valence-electron chi connectivity index (χ2n) is 7.15. The molecule has 1 aromatic rings. The lowest BCUT2D eigenvalue weighted by atomic mass is 10.1. The van der Waals surface area contributed by atoms with Gasteiger partial charge < -0.3 is 25.0 Å². The highest BCUT2D eigenvalue weighted by atomic mass is 16.5. The van der Waals surface area contributed by atoms with Crippen molar-refractivity contribution in [2.45, 2.75) is 44.6 Å². The van der Waals surface area contributed by atoms with Crippen LogP contribution in [0.15, 0.2) is 12.1 Å². The number of carbonyl (C=O) groups is 2. The zero-order valence-electron chi connectivity index (χ0n) is 16.2. The van der Waals surface area contributed by atoms with Crippen molar-refractivity contribution in [3.8, 4) is 11.5 Å². The molecule has 2 aliphatic heterocycles. The largest absolute Gasteiger partial charge is 0.493 e. The molecule has 1 unspecified atom stereocenters. The number of nitrogens with zero attached hydrogens (tertiary/aromatic N) is 1. The number of hydrogen-bond acceptors (Lipinski definition) is 5. The lowest BCUT2D eigenvalue weighted by Crippen LogP contribution is -2.36. The molecule has 2 amide bonds. The summed E-state index contributed by atoms with van der Waals surface area (Å²) in [4.78, 5) is 27.5. The Kier molecular flexibility index (Phi) is 6.55. The maximum atomic E-state index is 13.1. The number of hydrogen-bond donors (Lipinski definition) is 2. The topological polar surface area (TPSA) is 79.9 Å². The second-order valence-corrected chi connectivity index (χ2v) is 7.15. The van der Waals surface area contributed by atoms with E-state index in [4.69, 9.17) is 9.47 Å². The first-order valence-electron chi connectivity index (χ1n) is 9.71. The number of methoxy groups -OCH3 is 2. The van der Waals surface area contributed by atoms with E-state index in [2.05, 4.69) is 10.6 Å². The number of carbonyl (C=O) groups excluding carboxylic acids is 2. The van der Waals surface area contributed by atoms with Gasteiger partial charge in [0.15, 0.2) is 11.5 Å². The number of likely N-dealkylation sites (tertiary alicyclic amines) is 1. The van der Waals surface area contributed by atoms with Crippen LogP contribution in [0.1, 0.15) is 48.9 Å². The maximum Gasteiger partial charge on any atom is 0.256 e. The zero-order chi connectivity index (χ0) is 19.2. The predicted molar refractivity (Wildman–Crippen MR) is 104 cm³/mol. The van der Waals surface area contributed by atoms with Gasteiger partial charge in [0, 0.05) is 31.6 Å². The Morgan fingerprint density at radius 1 is 1.11 bits per heavy atom. The first kappa shape index (κ1) is 19.5. The molecule has 2 saturated heterocycles. The molecule has 2 fully saturated rings. The smallest absolute Gasteiger partial charge is 0.256 e. The van der Waals surface area contributed by atoms with Gasteiger partial charge in [-0.25, -0.2) is 0 Å². The van der Waals surface area contributed by atoms with E-state index in [1.54, 1.807) is 12.1 Å². The van der Waals surface area contributed by atoms with Crippen molar-refractivity contribution >= 4 is 17.5 Å². The Hall–Kier alpha value is -2.28. The summed E-state index contributed by atoms with van der Waals surface area (Å²) >= 11 is 0. The molecule has 0 spiro atoms. The SMILES string of the molecule is COc1cc(NC(=O)CC2CCCN2)c(C(=O)N2CCCCC2)cc1OC. The highest BCUT2D eigenvalue weighted by Gasteiger charge is 2.25. The van der Waals surface area contributed by atoms with Gasteiger partial charge in [0.25, 0.3) is 5.91 Å². The quantitative estimate of drug-likeness (QED) is 0.798. The summed E-state index contributed by atoms with van der Waals surface area (Å²) in [5, 5.41) is 6.24. The van der Waals surface area contributed by atoms with Gasteiger partial charge >= 0.3 is 0 Å². The molecule has 2 aliphatic rings. The van der Waals surface area contributed by atoms with Crippen LogP contribution >= 0.6 is 0 Å². The molecular weight excluding hydrogens is 346 g/mol. The van der Waals surface area contributed by atoms with Crippen LogP contribution in [0.3, 0.4) is 0 Å². The third kappa shape index (κ3) is 4.71. The Bertz CT molecular complexity index is 680. The summed E-state index contributed by atoms with van der Waals surface area (Å²) in [6, 6.07) is 3.54. The van der Waals surface area contributed by atoms with Crippen molar-refractivity contribution in [2.75, 3.05) is 39.2 Å². The first-order chi connectivity index (χ1) is 13.1. The molecule has 1 atom stereocenters. The first-order valence-corrected chi connectivity index (χ1v) is 9.71. The van der Waals surface area contributed by atoms with Crippen molar-refractivity contribution in [1.82, 2.24) is 10.2 Å². The van der Waals surface area contributed by atoms with E-state index in [0.29, 0.717) is 29.2 Å². The average Bonchev–Trinajstić information content (AvgIpc) is 3.20. The minimum atomic E-state index is -0.102. The van der Waals surface area contributed by atoms with Crippen LogP contribution in [0.4, 0.5) is 5.69 Å². The molecule has 27 heavy (non-hydrogen) atoms. The molecule has 7 nitrogen and oxygen atoms in total. The van der Waals surface area contributed by atoms with E-state index in [0.717, 1.165) is 51.7 Å². The molecule has 3 rings (SSSR count). The molecule has 148 valence electrons.